The van der Waals surface area contributed by atoms with Crippen molar-refractivity contribution in [3.05, 3.63) is 0 Å². The Morgan fingerprint density at radius 3 is 1.86 bits per heavy atom. The minimum Gasteiger partial charge on any atom is -0.303 e. The van der Waals surface area contributed by atoms with Crippen molar-refractivity contribution >= 4 is 6.29 Å². The highest BCUT2D eigenvalue weighted by molar-refractivity contribution is 5.55. The molecule has 0 N–H and O–H groups in total. The number of nitrogens with zero attached hydrogens (tertiary/aromatic N) is 1. The van der Waals surface area contributed by atoms with Gasteiger partial charge in [0.15, 0.2) is 0 Å². The average Bonchev–Trinajstić information content (AvgIpc) is 2.17. The first-order valence-corrected chi connectivity index (χ1v) is 5.68. The summed E-state index contributed by atoms with van der Waals surface area (Å²) in [6, 6.07) is 2.49. The first kappa shape index (κ1) is 8.47. The zero-order chi connectivity index (χ0) is 9.71. The van der Waals surface area contributed by atoms with Crippen molar-refractivity contribution in [1.82, 2.24) is 0 Å². The molecule has 0 aromatic carbocycles. The second-order valence-corrected chi connectivity index (χ2v) is 5.35. The largest absolute Gasteiger partial charge is 0.303 e. The van der Waals surface area contributed by atoms with Crippen LogP contribution >= 0.6 is 0 Å². The van der Waals surface area contributed by atoms with E-state index in [4.69, 9.17) is 5.26 Å². The SMILES string of the molecule is N#CC1C2CC3CC1CC(C2)C3C=O. The van der Waals surface area contributed by atoms with Crippen LogP contribution in [0.3, 0.4) is 0 Å². The fourth-order valence-electron chi connectivity index (χ4n) is 4.36. The van der Waals surface area contributed by atoms with Gasteiger partial charge in [0, 0.05) is 5.92 Å². The van der Waals surface area contributed by atoms with Gasteiger partial charge in [0.2, 0.25) is 0 Å². The molecule has 0 unspecified atom stereocenters. The molecule has 0 heterocycles. The maximum atomic E-state index is 11.0. The molecule has 4 rings (SSSR count). The predicted molar refractivity (Wildman–Crippen MR) is 51.1 cm³/mol. The monoisotopic (exact) mass is 189 g/mol. The molecule has 0 aliphatic heterocycles. The van der Waals surface area contributed by atoms with Gasteiger partial charge in [-0.1, -0.05) is 0 Å². The van der Waals surface area contributed by atoms with E-state index in [0.29, 0.717) is 35.5 Å². The Bertz CT molecular complexity index is 274. The second kappa shape index (κ2) is 2.82. The molecule has 0 amide bonds. The molecular formula is C12H15NO. The van der Waals surface area contributed by atoms with Gasteiger partial charge in [-0.3, -0.25) is 0 Å². The molecule has 74 valence electrons. The summed E-state index contributed by atoms with van der Waals surface area (Å²) in [7, 11) is 0. The van der Waals surface area contributed by atoms with E-state index in [1.165, 1.54) is 6.29 Å². The standard InChI is InChI=1S/C12H15NO/c13-5-11-7-1-9-3-8(11)4-10(2-7)12(9)6-14/h6-12H,1-4H2. The Morgan fingerprint density at radius 2 is 1.50 bits per heavy atom. The first-order valence-electron chi connectivity index (χ1n) is 5.68. The van der Waals surface area contributed by atoms with Gasteiger partial charge >= 0.3 is 0 Å². The van der Waals surface area contributed by atoms with Crippen LogP contribution in [-0.2, 0) is 4.79 Å². The molecule has 4 bridgehead atoms. The summed E-state index contributed by atoms with van der Waals surface area (Å²) in [5.41, 5.74) is 0. The molecule has 2 heteroatoms. The lowest BCUT2D eigenvalue weighted by Crippen LogP contribution is -2.50. The van der Waals surface area contributed by atoms with E-state index in [1.807, 2.05) is 0 Å². The number of rotatable bonds is 1. The van der Waals surface area contributed by atoms with Crippen LogP contribution in [0.15, 0.2) is 0 Å². The van der Waals surface area contributed by atoms with Crippen molar-refractivity contribution in [3.8, 4) is 6.07 Å². The van der Waals surface area contributed by atoms with Crippen molar-refractivity contribution < 1.29 is 4.79 Å². The van der Waals surface area contributed by atoms with Gasteiger partial charge in [-0.05, 0) is 49.4 Å². The van der Waals surface area contributed by atoms with Crippen LogP contribution in [0, 0.1) is 46.8 Å². The molecule has 0 saturated heterocycles. The molecule has 0 aromatic heterocycles. The number of aldehydes is 1. The first-order chi connectivity index (χ1) is 6.83. The molecule has 0 aromatic rings. The van der Waals surface area contributed by atoms with Gasteiger partial charge in [0.1, 0.15) is 6.29 Å². The van der Waals surface area contributed by atoms with Crippen molar-refractivity contribution in [1.29, 1.82) is 5.26 Å². The molecule has 2 nitrogen and oxygen atoms in total. The lowest BCUT2D eigenvalue weighted by molar-refractivity contribution is -0.126. The van der Waals surface area contributed by atoms with Gasteiger partial charge < -0.3 is 4.79 Å². The van der Waals surface area contributed by atoms with E-state index in [-0.39, 0.29) is 0 Å². The molecule has 0 spiro atoms. The van der Waals surface area contributed by atoms with E-state index in [9.17, 15) is 4.79 Å². The number of hydrogen-bond acceptors (Lipinski definition) is 2. The lowest BCUT2D eigenvalue weighted by atomic mass is 9.49. The Balaban J connectivity index is 1.90. The molecule has 4 saturated carbocycles. The van der Waals surface area contributed by atoms with E-state index in [1.54, 1.807) is 0 Å². The minimum absolute atomic E-state index is 0.315. The van der Waals surface area contributed by atoms with Crippen LogP contribution < -0.4 is 0 Å². The Labute approximate surface area is 84.3 Å². The van der Waals surface area contributed by atoms with Gasteiger partial charge in [-0.25, -0.2) is 0 Å². The molecule has 4 aliphatic rings. The third-order valence-electron chi connectivity index (χ3n) is 4.83. The summed E-state index contributed by atoms with van der Waals surface area (Å²) < 4.78 is 0. The smallest absolute Gasteiger partial charge is 0.123 e. The molecular weight excluding hydrogens is 174 g/mol. The van der Waals surface area contributed by atoms with Gasteiger partial charge in [-0.15, -0.1) is 0 Å². The quantitative estimate of drug-likeness (QED) is 0.592. The normalized spacial score (nSPS) is 54.2. The average molecular weight is 189 g/mol. The van der Waals surface area contributed by atoms with E-state index in [2.05, 4.69) is 6.07 Å². The third-order valence-corrected chi connectivity index (χ3v) is 4.83. The maximum absolute atomic E-state index is 11.0. The van der Waals surface area contributed by atoms with Crippen molar-refractivity contribution in [2.45, 2.75) is 25.7 Å². The Morgan fingerprint density at radius 1 is 1.00 bits per heavy atom. The second-order valence-electron chi connectivity index (χ2n) is 5.35. The highest BCUT2D eigenvalue weighted by Crippen LogP contribution is 2.58. The summed E-state index contributed by atoms with van der Waals surface area (Å²) in [4.78, 5) is 11.0. The van der Waals surface area contributed by atoms with Gasteiger partial charge in [0.25, 0.3) is 0 Å². The zero-order valence-corrected chi connectivity index (χ0v) is 8.23. The molecule has 0 radical (unpaired) electrons. The number of nitriles is 1. The fraction of sp³-hybridized carbons (Fsp3) is 0.833. The Hall–Kier alpha value is -0.840. The molecule has 14 heavy (non-hydrogen) atoms. The number of hydrogen-bond donors (Lipinski definition) is 0. The maximum Gasteiger partial charge on any atom is 0.123 e. The topological polar surface area (TPSA) is 40.9 Å². The predicted octanol–water partition coefficient (Wildman–Crippen LogP) is 2.01. The summed E-state index contributed by atoms with van der Waals surface area (Å²) in [5, 5.41) is 9.10. The minimum atomic E-state index is 0.315. The fourth-order valence-corrected chi connectivity index (χ4v) is 4.36. The molecule has 4 aliphatic carbocycles. The summed E-state index contributed by atoms with van der Waals surface area (Å²) >= 11 is 0. The van der Waals surface area contributed by atoms with E-state index >= 15 is 0 Å². The van der Waals surface area contributed by atoms with Gasteiger partial charge in [-0.2, -0.15) is 5.26 Å². The number of carbonyl (C=O) groups is 1. The molecule has 0 atom stereocenters. The van der Waals surface area contributed by atoms with Crippen molar-refractivity contribution in [3.63, 3.8) is 0 Å². The molecule has 4 fully saturated rings. The van der Waals surface area contributed by atoms with Crippen molar-refractivity contribution in [2.75, 3.05) is 0 Å². The van der Waals surface area contributed by atoms with Crippen LogP contribution in [0.2, 0.25) is 0 Å². The van der Waals surface area contributed by atoms with Crippen molar-refractivity contribution in [2.24, 2.45) is 35.5 Å². The van der Waals surface area contributed by atoms with E-state index < -0.39 is 0 Å². The number of carbonyl (C=O) groups excluding carboxylic acids is 1. The van der Waals surface area contributed by atoms with Crippen LogP contribution in [0.4, 0.5) is 0 Å². The lowest BCUT2D eigenvalue weighted by Gasteiger charge is -2.54. The summed E-state index contributed by atoms with van der Waals surface area (Å²) in [6.07, 6.45) is 5.78. The third kappa shape index (κ3) is 0.932. The van der Waals surface area contributed by atoms with Crippen LogP contribution in [0.5, 0.6) is 0 Å². The summed E-state index contributed by atoms with van der Waals surface area (Å²) in [6.45, 7) is 0. The highest BCUT2D eigenvalue weighted by Gasteiger charge is 2.52. The Kier molecular flexibility index (Phi) is 1.71. The van der Waals surface area contributed by atoms with Crippen LogP contribution in [0.1, 0.15) is 25.7 Å². The van der Waals surface area contributed by atoms with E-state index in [0.717, 1.165) is 25.7 Å². The van der Waals surface area contributed by atoms with Gasteiger partial charge in [0.05, 0.1) is 12.0 Å². The zero-order valence-electron chi connectivity index (χ0n) is 8.23. The highest BCUT2D eigenvalue weighted by atomic mass is 16.1. The van der Waals surface area contributed by atoms with Crippen LogP contribution in [-0.4, -0.2) is 6.29 Å². The summed E-state index contributed by atoms with van der Waals surface area (Å²) in [5.74, 6) is 3.15. The van der Waals surface area contributed by atoms with Crippen LogP contribution in [0.25, 0.3) is 0 Å².